The molecule has 1 aliphatic carbocycles. The Balaban J connectivity index is 1.53. The predicted octanol–water partition coefficient (Wildman–Crippen LogP) is 3.87. The molecule has 0 saturated heterocycles. The highest BCUT2D eigenvalue weighted by Gasteiger charge is 2.24. The van der Waals surface area contributed by atoms with Crippen molar-refractivity contribution in [3.05, 3.63) is 71.4 Å². The first-order chi connectivity index (χ1) is 11.3. The molecule has 23 heavy (non-hydrogen) atoms. The van der Waals surface area contributed by atoms with Gasteiger partial charge in [-0.15, -0.1) is 0 Å². The summed E-state index contributed by atoms with van der Waals surface area (Å²) in [4.78, 5) is 3.59. The third-order valence-corrected chi connectivity index (χ3v) is 4.86. The molecule has 1 aromatic heterocycles. The molecule has 0 bridgehead atoms. The Labute approximate surface area is 136 Å². The summed E-state index contributed by atoms with van der Waals surface area (Å²) in [5, 5.41) is 15.3. The second-order valence-corrected chi connectivity index (χ2v) is 6.34. The minimum atomic E-state index is -0.467. The summed E-state index contributed by atoms with van der Waals surface area (Å²) in [6.45, 7) is 0.573. The number of rotatable bonds is 4. The maximum absolute atomic E-state index is 10.4. The minimum Gasteiger partial charge on any atom is -0.387 e. The van der Waals surface area contributed by atoms with E-state index in [1.165, 1.54) is 28.6 Å². The molecule has 0 radical (unpaired) electrons. The number of hydrogen-bond acceptors (Lipinski definition) is 2. The molecule has 2 aromatic carbocycles. The Morgan fingerprint density at radius 3 is 2.74 bits per heavy atom. The Bertz CT molecular complexity index is 794. The highest BCUT2D eigenvalue weighted by atomic mass is 16.3. The molecule has 0 fully saturated rings. The van der Waals surface area contributed by atoms with Crippen molar-refractivity contribution in [3.8, 4) is 0 Å². The van der Waals surface area contributed by atoms with Crippen LogP contribution in [0.4, 0.5) is 0 Å². The van der Waals surface area contributed by atoms with Crippen LogP contribution in [0.2, 0.25) is 0 Å². The molecule has 2 atom stereocenters. The van der Waals surface area contributed by atoms with E-state index in [0.717, 1.165) is 18.4 Å². The van der Waals surface area contributed by atoms with Gasteiger partial charge < -0.3 is 15.4 Å². The van der Waals surface area contributed by atoms with Crippen LogP contribution in [0.5, 0.6) is 0 Å². The van der Waals surface area contributed by atoms with E-state index in [0.29, 0.717) is 12.6 Å². The Morgan fingerprint density at radius 2 is 1.87 bits per heavy atom. The van der Waals surface area contributed by atoms with Crippen LogP contribution in [-0.2, 0) is 6.42 Å². The van der Waals surface area contributed by atoms with E-state index >= 15 is 0 Å². The summed E-state index contributed by atoms with van der Waals surface area (Å²) in [6.07, 6.45) is 2.97. The van der Waals surface area contributed by atoms with Gasteiger partial charge in [0.25, 0.3) is 0 Å². The van der Waals surface area contributed by atoms with Crippen LogP contribution >= 0.6 is 0 Å². The van der Waals surface area contributed by atoms with Gasteiger partial charge in [0.15, 0.2) is 0 Å². The first-order valence-corrected chi connectivity index (χ1v) is 8.39. The molecule has 1 aliphatic rings. The molecule has 3 nitrogen and oxygen atoms in total. The molecule has 3 N–H and O–H groups in total. The van der Waals surface area contributed by atoms with E-state index in [1.807, 2.05) is 30.3 Å². The van der Waals surface area contributed by atoms with Gasteiger partial charge in [0, 0.05) is 29.2 Å². The lowest BCUT2D eigenvalue weighted by Gasteiger charge is -2.25. The lowest BCUT2D eigenvalue weighted by molar-refractivity contribution is 0.168. The quantitative estimate of drug-likeness (QED) is 0.685. The van der Waals surface area contributed by atoms with Crippen molar-refractivity contribution in [1.82, 2.24) is 10.3 Å². The summed E-state index contributed by atoms with van der Waals surface area (Å²) in [7, 11) is 0. The molecule has 0 amide bonds. The fourth-order valence-electron chi connectivity index (χ4n) is 3.67. The van der Waals surface area contributed by atoms with E-state index in [2.05, 4.69) is 34.6 Å². The normalized spacial score (nSPS) is 18.7. The molecule has 1 unspecified atom stereocenters. The molecule has 4 rings (SSSR count). The first kappa shape index (κ1) is 14.5. The maximum atomic E-state index is 10.4. The smallest absolute Gasteiger partial charge is 0.0914 e. The average molecular weight is 306 g/mol. The summed E-state index contributed by atoms with van der Waals surface area (Å²) in [5.41, 5.74) is 4.93. The number of aryl methyl sites for hydroxylation is 1. The molecule has 0 spiro atoms. The number of aliphatic hydroxyl groups excluding tert-OH is 1. The zero-order valence-corrected chi connectivity index (χ0v) is 13.1. The van der Waals surface area contributed by atoms with Gasteiger partial charge in [0.1, 0.15) is 0 Å². The van der Waals surface area contributed by atoms with Crippen molar-refractivity contribution in [1.29, 1.82) is 0 Å². The predicted molar refractivity (Wildman–Crippen MR) is 93.4 cm³/mol. The van der Waals surface area contributed by atoms with Crippen LogP contribution < -0.4 is 5.32 Å². The van der Waals surface area contributed by atoms with Gasteiger partial charge in [-0.25, -0.2) is 0 Å². The van der Waals surface area contributed by atoms with Crippen LogP contribution in [-0.4, -0.2) is 16.6 Å². The number of aromatic amines is 1. The van der Waals surface area contributed by atoms with E-state index < -0.39 is 6.10 Å². The molecule has 1 heterocycles. The molecule has 3 heteroatoms. The third kappa shape index (κ3) is 2.78. The summed E-state index contributed by atoms with van der Waals surface area (Å²) in [5.74, 6) is 0. The second kappa shape index (κ2) is 6.19. The van der Waals surface area contributed by atoms with Gasteiger partial charge in [0.05, 0.1) is 6.10 Å². The molecule has 0 aliphatic heterocycles. The molecular weight excluding hydrogens is 284 g/mol. The summed E-state index contributed by atoms with van der Waals surface area (Å²) in [6, 6.07) is 18.7. The van der Waals surface area contributed by atoms with Crippen LogP contribution in [0, 0.1) is 0 Å². The topological polar surface area (TPSA) is 48.0 Å². The van der Waals surface area contributed by atoms with Crippen molar-refractivity contribution in [3.63, 3.8) is 0 Å². The third-order valence-electron chi connectivity index (χ3n) is 4.86. The molecule has 0 saturated carbocycles. The van der Waals surface area contributed by atoms with Crippen LogP contribution in [0.25, 0.3) is 10.9 Å². The number of aliphatic hydroxyl groups is 1. The maximum Gasteiger partial charge on any atom is 0.0914 e. The Hall–Kier alpha value is -2.10. The van der Waals surface area contributed by atoms with Crippen LogP contribution in [0.15, 0.2) is 54.6 Å². The lowest BCUT2D eigenvalue weighted by atomic mass is 9.91. The van der Waals surface area contributed by atoms with Gasteiger partial charge in [0.2, 0.25) is 0 Å². The van der Waals surface area contributed by atoms with E-state index in [9.17, 15) is 5.11 Å². The largest absolute Gasteiger partial charge is 0.387 e. The fourth-order valence-corrected chi connectivity index (χ4v) is 3.67. The Kier molecular flexibility index (Phi) is 3.90. The van der Waals surface area contributed by atoms with Gasteiger partial charge in [-0.1, -0.05) is 48.5 Å². The molecular formula is C20H22N2O. The van der Waals surface area contributed by atoms with Crippen molar-refractivity contribution in [2.45, 2.75) is 31.4 Å². The number of H-pyrrole nitrogens is 1. The fraction of sp³-hybridized carbons (Fsp3) is 0.300. The number of aromatic nitrogens is 1. The minimum absolute atomic E-state index is 0.296. The van der Waals surface area contributed by atoms with Crippen LogP contribution in [0.3, 0.4) is 0 Å². The van der Waals surface area contributed by atoms with Gasteiger partial charge in [-0.3, -0.25) is 0 Å². The zero-order chi connectivity index (χ0) is 15.6. The summed E-state index contributed by atoms with van der Waals surface area (Å²) < 4.78 is 0. The monoisotopic (exact) mass is 306 g/mol. The highest BCUT2D eigenvalue weighted by molar-refractivity contribution is 5.85. The zero-order valence-electron chi connectivity index (χ0n) is 13.1. The highest BCUT2D eigenvalue weighted by Crippen LogP contribution is 2.34. The standard InChI is InChI=1S/C20H22N2O/c23-19(14-7-2-1-3-8-14)13-21-18-12-6-10-16-15-9-4-5-11-17(15)22-20(16)18/h1-5,7-9,11,18-19,21-23H,6,10,12-13H2/t18?,19-/m0/s1. The average Bonchev–Trinajstić information content (AvgIpc) is 3.00. The van der Waals surface area contributed by atoms with E-state index in [4.69, 9.17) is 0 Å². The van der Waals surface area contributed by atoms with Crippen LogP contribution in [0.1, 0.15) is 41.8 Å². The van der Waals surface area contributed by atoms with Gasteiger partial charge in [-0.2, -0.15) is 0 Å². The van der Waals surface area contributed by atoms with Gasteiger partial charge >= 0.3 is 0 Å². The van der Waals surface area contributed by atoms with Crippen molar-refractivity contribution < 1.29 is 5.11 Å². The van der Waals surface area contributed by atoms with Crippen molar-refractivity contribution in [2.75, 3.05) is 6.54 Å². The molecule has 118 valence electrons. The van der Waals surface area contributed by atoms with Gasteiger partial charge in [-0.05, 0) is 36.5 Å². The van der Waals surface area contributed by atoms with E-state index in [-0.39, 0.29) is 0 Å². The molecule has 3 aromatic rings. The summed E-state index contributed by atoms with van der Waals surface area (Å²) >= 11 is 0. The first-order valence-electron chi connectivity index (χ1n) is 8.39. The number of para-hydroxylation sites is 1. The number of nitrogens with one attached hydrogen (secondary N) is 2. The lowest BCUT2D eigenvalue weighted by Crippen LogP contribution is -2.29. The number of hydrogen-bond donors (Lipinski definition) is 3. The Morgan fingerprint density at radius 1 is 1.09 bits per heavy atom. The second-order valence-electron chi connectivity index (χ2n) is 6.34. The number of fused-ring (bicyclic) bond motifs is 3. The van der Waals surface area contributed by atoms with E-state index in [1.54, 1.807) is 0 Å². The van der Waals surface area contributed by atoms with Crippen molar-refractivity contribution in [2.24, 2.45) is 0 Å². The number of benzene rings is 2. The van der Waals surface area contributed by atoms with Crippen molar-refractivity contribution >= 4 is 10.9 Å². The SMILES string of the molecule is O[C@@H](CNC1CCCc2c1[nH]c1ccccc21)c1ccccc1.